The maximum absolute atomic E-state index is 12.3. The summed E-state index contributed by atoms with van der Waals surface area (Å²) in [6, 6.07) is 5.49. The molecular weight excluding hydrogens is 314 g/mol. The summed E-state index contributed by atoms with van der Waals surface area (Å²) in [5.41, 5.74) is 7.29. The average Bonchev–Trinajstić information content (AvgIpc) is 2.57. The highest BCUT2D eigenvalue weighted by molar-refractivity contribution is 6.23. The van der Waals surface area contributed by atoms with Crippen molar-refractivity contribution in [3.05, 3.63) is 41.5 Å². The number of hydrazone groups is 1. The Balaban J connectivity index is 3.13. The van der Waals surface area contributed by atoms with Crippen molar-refractivity contribution in [3.8, 4) is 5.75 Å². The number of primary amides is 1. The second-order valence-electron chi connectivity index (χ2n) is 4.54. The molecule has 0 radical (unpaired) electrons. The van der Waals surface area contributed by atoms with E-state index in [4.69, 9.17) is 15.2 Å². The van der Waals surface area contributed by atoms with Gasteiger partial charge in [0.25, 0.3) is 0 Å². The van der Waals surface area contributed by atoms with E-state index in [1.165, 1.54) is 14.0 Å². The number of benzene rings is 1. The molecule has 0 aliphatic carbocycles. The SMILES string of the molecule is CCOC(=O)C(=C\C(=O)c1ccc(OC)cc1)/C(C)=N/NC(N)=O. The number of amides is 2. The Bertz CT molecular complexity index is 677. The molecule has 0 aliphatic heterocycles. The van der Waals surface area contributed by atoms with Crippen LogP contribution in [0.15, 0.2) is 41.0 Å². The van der Waals surface area contributed by atoms with Crippen LogP contribution in [0.4, 0.5) is 4.79 Å². The predicted molar refractivity (Wildman–Crippen MR) is 87.9 cm³/mol. The monoisotopic (exact) mass is 333 g/mol. The highest BCUT2D eigenvalue weighted by atomic mass is 16.5. The van der Waals surface area contributed by atoms with E-state index in [0.29, 0.717) is 11.3 Å². The van der Waals surface area contributed by atoms with Gasteiger partial charge in [-0.15, -0.1) is 0 Å². The Hall–Kier alpha value is -3.16. The minimum atomic E-state index is -0.890. The molecule has 0 aromatic heterocycles. The number of rotatable bonds is 7. The lowest BCUT2D eigenvalue weighted by Crippen LogP contribution is -2.27. The molecule has 0 spiro atoms. The maximum Gasteiger partial charge on any atom is 0.340 e. The van der Waals surface area contributed by atoms with Gasteiger partial charge >= 0.3 is 12.0 Å². The van der Waals surface area contributed by atoms with Crippen LogP contribution in [0.5, 0.6) is 5.75 Å². The van der Waals surface area contributed by atoms with Gasteiger partial charge in [0.05, 0.1) is 25.0 Å². The topological polar surface area (TPSA) is 120 Å². The van der Waals surface area contributed by atoms with Gasteiger partial charge in [-0.1, -0.05) is 0 Å². The standard InChI is InChI=1S/C16H19N3O5/c1-4-24-15(21)13(10(2)18-19-16(17)22)9-14(20)11-5-7-12(23-3)8-6-11/h5-9H,4H2,1-3H3,(H3,17,19,22)/b13-9-,18-10+. The number of methoxy groups -OCH3 is 1. The van der Waals surface area contributed by atoms with Crippen LogP contribution in [-0.2, 0) is 9.53 Å². The fourth-order valence-corrected chi connectivity index (χ4v) is 1.69. The number of urea groups is 1. The van der Waals surface area contributed by atoms with Gasteiger partial charge in [0.1, 0.15) is 5.75 Å². The first-order valence-corrected chi connectivity index (χ1v) is 7.06. The highest BCUT2D eigenvalue weighted by Gasteiger charge is 2.17. The number of nitrogens with two attached hydrogens (primary N) is 1. The Morgan fingerprint density at radius 2 is 1.88 bits per heavy atom. The number of carbonyl (C=O) groups excluding carboxylic acids is 3. The lowest BCUT2D eigenvalue weighted by Gasteiger charge is -2.07. The number of nitrogens with one attached hydrogen (secondary N) is 1. The number of nitrogens with zero attached hydrogens (tertiary/aromatic N) is 1. The molecule has 24 heavy (non-hydrogen) atoms. The van der Waals surface area contributed by atoms with Crippen LogP contribution >= 0.6 is 0 Å². The quantitative estimate of drug-likeness (QED) is 0.257. The van der Waals surface area contributed by atoms with E-state index in [1.807, 2.05) is 5.43 Å². The zero-order valence-electron chi connectivity index (χ0n) is 13.7. The fourth-order valence-electron chi connectivity index (χ4n) is 1.69. The zero-order chi connectivity index (χ0) is 18.1. The number of carbonyl (C=O) groups is 3. The Kier molecular flexibility index (Phi) is 7.15. The van der Waals surface area contributed by atoms with E-state index < -0.39 is 17.8 Å². The van der Waals surface area contributed by atoms with Crippen molar-refractivity contribution in [1.82, 2.24) is 5.43 Å². The van der Waals surface area contributed by atoms with Crippen LogP contribution < -0.4 is 15.9 Å². The Labute approximate surface area is 139 Å². The third-order valence-corrected chi connectivity index (χ3v) is 2.87. The number of hydrogen-bond donors (Lipinski definition) is 2. The molecule has 0 saturated heterocycles. The molecule has 3 N–H and O–H groups in total. The number of ketones is 1. The molecule has 0 aliphatic rings. The van der Waals surface area contributed by atoms with Crippen molar-refractivity contribution in [2.75, 3.05) is 13.7 Å². The average molecular weight is 333 g/mol. The summed E-state index contributed by atoms with van der Waals surface area (Å²) in [6.45, 7) is 3.21. The van der Waals surface area contributed by atoms with E-state index in [-0.39, 0.29) is 17.9 Å². The first kappa shape index (κ1) is 18.9. The molecule has 0 heterocycles. The Morgan fingerprint density at radius 3 is 2.38 bits per heavy atom. The summed E-state index contributed by atoms with van der Waals surface area (Å²) in [4.78, 5) is 35.0. The molecule has 8 heteroatoms. The summed E-state index contributed by atoms with van der Waals surface area (Å²) in [6.07, 6.45) is 1.10. The van der Waals surface area contributed by atoms with E-state index >= 15 is 0 Å². The summed E-state index contributed by atoms with van der Waals surface area (Å²) in [7, 11) is 1.52. The molecule has 2 amide bonds. The summed E-state index contributed by atoms with van der Waals surface area (Å²) < 4.78 is 9.92. The molecule has 0 saturated carbocycles. The largest absolute Gasteiger partial charge is 0.497 e. The van der Waals surface area contributed by atoms with Gasteiger partial charge in [0, 0.05) is 11.6 Å². The first-order chi connectivity index (χ1) is 11.4. The third-order valence-electron chi connectivity index (χ3n) is 2.87. The van der Waals surface area contributed by atoms with Crippen LogP contribution in [0, 0.1) is 0 Å². The second-order valence-corrected chi connectivity index (χ2v) is 4.54. The Morgan fingerprint density at radius 1 is 1.25 bits per heavy atom. The minimum Gasteiger partial charge on any atom is -0.497 e. The number of allylic oxidation sites excluding steroid dienone is 1. The molecule has 0 atom stereocenters. The van der Waals surface area contributed by atoms with E-state index in [2.05, 4.69) is 5.10 Å². The van der Waals surface area contributed by atoms with E-state index in [1.54, 1.807) is 31.2 Å². The predicted octanol–water partition coefficient (Wildman–Crippen LogP) is 1.41. The zero-order valence-corrected chi connectivity index (χ0v) is 13.7. The van der Waals surface area contributed by atoms with Gasteiger partial charge in [-0.2, -0.15) is 5.10 Å². The maximum atomic E-state index is 12.3. The molecular formula is C16H19N3O5. The molecule has 0 unspecified atom stereocenters. The van der Waals surface area contributed by atoms with Crippen molar-refractivity contribution in [3.63, 3.8) is 0 Å². The van der Waals surface area contributed by atoms with Crippen LogP contribution in [0.1, 0.15) is 24.2 Å². The van der Waals surface area contributed by atoms with Gasteiger partial charge in [-0.05, 0) is 38.1 Å². The normalized spacial score (nSPS) is 11.6. The lowest BCUT2D eigenvalue weighted by molar-refractivity contribution is -0.137. The first-order valence-electron chi connectivity index (χ1n) is 7.06. The number of hydrogen-bond acceptors (Lipinski definition) is 6. The van der Waals surface area contributed by atoms with Crippen molar-refractivity contribution in [2.24, 2.45) is 10.8 Å². The van der Waals surface area contributed by atoms with Crippen molar-refractivity contribution < 1.29 is 23.9 Å². The smallest absolute Gasteiger partial charge is 0.340 e. The fraction of sp³-hybridized carbons (Fsp3) is 0.250. The molecule has 1 aromatic rings. The van der Waals surface area contributed by atoms with Crippen molar-refractivity contribution in [1.29, 1.82) is 0 Å². The number of ether oxygens (including phenoxy) is 2. The van der Waals surface area contributed by atoms with Gasteiger partial charge in [-0.25, -0.2) is 15.0 Å². The van der Waals surface area contributed by atoms with Gasteiger partial charge in [0.15, 0.2) is 5.78 Å². The molecule has 1 aromatic carbocycles. The summed E-state index contributed by atoms with van der Waals surface area (Å²) >= 11 is 0. The van der Waals surface area contributed by atoms with Gasteiger partial charge in [0.2, 0.25) is 0 Å². The van der Waals surface area contributed by atoms with Crippen molar-refractivity contribution >= 4 is 23.5 Å². The molecule has 128 valence electrons. The van der Waals surface area contributed by atoms with E-state index in [9.17, 15) is 14.4 Å². The lowest BCUT2D eigenvalue weighted by atomic mass is 10.1. The second kappa shape index (κ2) is 9.09. The molecule has 8 nitrogen and oxygen atoms in total. The van der Waals surface area contributed by atoms with Crippen LogP contribution in [0.3, 0.4) is 0 Å². The molecule has 1 rings (SSSR count). The molecule has 0 bridgehead atoms. The number of esters is 1. The van der Waals surface area contributed by atoms with Gasteiger partial charge in [-0.3, -0.25) is 4.79 Å². The summed E-state index contributed by atoms with van der Waals surface area (Å²) in [5, 5.41) is 3.65. The van der Waals surface area contributed by atoms with Crippen LogP contribution in [0.2, 0.25) is 0 Å². The highest BCUT2D eigenvalue weighted by Crippen LogP contribution is 2.13. The van der Waals surface area contributed by atoms with Gasteiger partial charge < -0.3 is 15.2 Å². The minimum absolute atomic E-state index is 0.0774. The van der Waals surface area contributed by atoms with Crippen molar-refractivity contribution in [2.45, 2.75) is 13.8 Å². The molecule has 0 fully saturated rings. The third kappa shape index (κ3) is 5.56. The van der Waals surface area contributed by atoms with E-state index in [0.717, 1.165) is 6.08 Å². The summed E-state index contributed by atoms with van der Waals surface area (Å²) in [5.74, 6) is -0.550. The van der Waals surface area contributed by atoms with Crippen LogP contribution in [0.25, 0.3) is 0 Å². The van der Waals surface area contributed by atoms with Crippen LogP contribution in [-0.4, -0.2) is 37.2 Å².